The molecule has 41 heavy (non-hydrogen) atoms. The number of hydrogen-bond acceptors (Lipinski definition) is 0. The van der Waals surface area contributed by atoms with Gasteiger partial charge in [-0.3, -0.25) is 0 Å². The Hall–Kier alpha value is -0.700. The fourth-order valence-corrected chi connectivity index (χ4v) is 17.6. The summed E-state index contributed by atoms with van der Waals surface area (Å²) in [6, 6.07) is 18.9. The third-order valence-electron chi connectivity index (χ3n) is 10.8. The van der Waals surface area contributed by atoms with Crippen LogP contribution in [0.1, 0.15) is 136 Å². The van der Waals surface area contributed by atoms with Gasteiger partial charge < -0.3 is 0 Å². The standard InChI is InChI=1S/C39H60P2/c1-28(18-29-14-12-11-13-15-29)33-16-17-34(35(22-33)27-40(36(2,3)4)37(5,6)7)26-41(38(8,9)10)39-23-30-19-31(24-39)21-32(20-30)25-39/h11-17,22,28,30-32H,18-21,23-27H2,1-10H3. The summed E-state index contributed by atoms with van der Waals surface area (Å²) >= 11 is 0. The van der Waals surface area contributed by atoms with Crippen molar-refractivity contribution in [2.75, 3.05) is 0 Å². The molecule has 0 nitrogen and oxygen atoms in total. The molecule has 0 aliphatic heterocycles. The molecule has 0 radical (unpaired) electrons. The molecule has 2 atom stereocenters. The molecule has 4 aliphatic rings. The zero-order valence-electron chi connectivity index (χ0n) is 28.2. The van der Waals surface area contributed by atoms with E-state index in [0.29, 0.717) is 26.5 Å². The van der Waals surface area contributed by atoms with Gasteiger partial charge in [-0.15, -0.1) is 0 Å². The first-order valence-electron chi connectivity index (χ1n) is 16.7. The van der Waals surface area contributed by atoms with E-state index in [4.69, 9.17) is 0 Å². The zero-order valence-corrected chi connectivity index (χ0v) is 30.0. The highest BCUT2D eigenvalue weighted by molar-refractivity contribution is 7.60. The summed E-state index contributed by atoms with van der Waals surface area (Å²) in [6.45, 7) is 25.3. The van der Waals surface area contributed by atoms with Gasteiger partial charge in [0.2, 0.25) is 0 Å². The molecule has 0 aromatic heterocycles. The van der Waals surface area contributed by atoms with Crippen LogP contribution in [0.25, 0.3) is 0 Å². The first kappa shape index (κ1) is 31.7. The van der Waals surface area contributed by atoms with Gasteiger partial charge in [0.15, 0.2) is 0 Å². The van der Waals surface area contributed by atoms with Gasteiger partial charge in [0, 0.05) is 0 Å². The van der Waals surface area contributed by atoms with Crippen molar-refractivity contribution in [3.63, 3.8) is 0 Å². The second kappa shape index (κ2) is 11.7. The lowest BCUT2D eigenvalue weighted by Gasteiger charge is -2.62. The van der Waals surface area contributed by atoms with Crippen LogP contribution in [0, 0.1) is 17.8 Å². The van der Waals surface area contributed by atoms with Crippen molar-refractivity contribution >= 4 is 15.8 Å². The van der Waals surface area contributed by atoms with Crippen molar-refractivity contribution in [1.29, 1.82) is 0 Å². The smallest absolute Gasteiger partial charge is 0.00605 e. The molecule has 226 valence electrons. The van der Waals surface area contributed by atoms with Crippen molar-refractivity contribution in [3.05, 3.63) is 70.8 Å². The van der Waals surface area contributed by atoms with Crippen molar-refractivity contribution in [2.24, 2.45) is 17.8 Å². The molecule has 0 spiro atoms. The maximum absolute atomic E-state index is 2.69. The van der Waals surface area contributed by atoms with Gasteiger partial charge in [0.05, 0.1) is 0 Å². The van der Waals surface area contributed by atoms with Crippen LogP contribution in [0.4, 0.5) is 0 Å². The van der Waals surface area contributed by atoms with Gasteiger partial charge in [-0.05, 0) is 124 Å². The SMILES string of the molecule is CC(Cc1ccccc1)c1ccc(CP(C(C)(C)C)C23CC4CC(CC(C4)C2)C3)c(CP(C(C)(C)C)C(C)(C)C)c1. The zero-order chi connectivity index (χ0) is 29.8. The van der Waals surface area contributed by atoms with Gasteiger partial charge in [0.1, 0.15) is 0 Å². The minimum absolute atomic E-state index is 0.107. The van der Waals surface area contributed by atoms with Crippen LogP contribution >= 0.6 is 15.8 Å². The molecule has 0 heterocycles. The Morgan fingerprint density at radius 1 is 0.683 bits per heavy atom. The maximum Gasteiger partial charge on any atom is -0.00605 e. The third-order valence-corrected chi connectivity index (χ3v) is 18.7. The summed E-state index contributed by atoms with van der Waals surface area (Å²) < 4.78 is 0. The van der Waals surface area contributed by atoms with Crippen LogP contribution in [0.5, 0.6) is 0 Å². The second-order valence-electron chi connectivity index (χ2n) is 17.4. The largest absolute Gasteiger partial charge is 0.0911 e. The fraction of sp³-hybridized carbons (Fsp3) is 0.692. The number of benzene rings is 2. The highest BCUT2D eigenvalue weighted by Gasteiger charge is 2.56. The molecule has 0 N–H and O–H groups in total. The van der Waals surface area contributed by atoms with E-state index in [0.717, 1.165) is 24.2 Å². The predicted octanol–water partition coefficient (Wildman–Crippen LogP) is 12.4. The molecule has 2 aromatic rings. The molecule has 2 unspecified atom stereocenters. The monoisotopic (exact) mass is 590 g/mol. The lowest BCUT2D eigenvalue weighted by Crippen LogP contribution is -2.51. The minimum Gasteiger partial charge on any atom is -0.0911 e. The first-order chi connectivity index (χ1) is 19.0. The van der Waals surface area contributed by atoms with Gasteiger partial charge in [0.25, 0.3) is 0 Å². The summed E-state index contributed by atoms with van der Waals surface area (Å²) in [6.07, 6.45) is 13.0. The Morgan fingerprint density at radius 2 is 1.22 bits per heavy atom. The predicted molar refractivity (Wildman–Crippen MR) is 186 cm³/mol. The lowest BCUT2D eigenvalue weighted by molar-refractivity contribution is 0.0347. The second-order valence-corrected chi connectivity index (χ2v) is 24.8. The maximum atomic E-state index is 2.69. The van der Waals surface area contributed by atoms with Crippen molar-refractivity contribution in [2.45, 2.75) is 153 Å². The van der Waals surface area contributed by atoms with E-state index in [2.05, 4.69) is 118 Å². The summed E-state index contributed by atoms with van der Waals surface area (Å²) in [5.41, 5.74) is 6.40. The molecule has 4 fully saturated rings. The highest BCUT2D eigenvalue weighted by Crippen LogP contribution is 2.74. The lowest BCUT2D eigenvalue weighted by atomic mass is 9.56. The normalized spacial score (nSPS) is 27.8. The van der Waals surface area contributed by atoms with E-state index in [1.54, 1.807) is 55.2 Å². The molecule has 0 saturated heterocycles. The summed E-state index contributed by atoms with van der Waals surface area (Å²) in [4.78, 5) is 0. The van der Waals surface area contributed by atoms with Crippen LogP contribution in [0.15, 0.2) is 48.5 Å². The molecule has 4 saturated carbocycles. The first-order valence-corrected chi connectivity index (χ1v) is 19.8. The molecule has 4 bridgehead atoms. The molecule has 6 rings (SSSR count). The Labute approximate surface area is 256 Å². The summed E-state index contributed by atoms with van der Waals surface area (Å²) in [5.74, 6) is 3.63. The fourth-order valence-electron chi connectivity index (χ4n) is 9.67. The van der Waals surface area contributed by atoms with E-state index in [1.165, 1.54) is 17.9 Å². The Bertz CT molecular complexity index is 1120. The Kier molecular flexibility index (Phi) is 9.02. The van der Waals surface area contributed by atoms with Crippen LogP contribution in [0.3, 0.4) is 0 Å². The quantitative estimate of drug-likeness (QED) is 0.268. The topological polar surface area (TPSA) is 0 Å². The van der Waals surface area contributed by atoms with Crippen LogP contribution < -0.4 is 0 Å². The van der Waals surface area contributed by atoms with Crippen molar-refractivity contribution in [3.8, 4) is 0 Å². The van der Waals surface area contributed by atoms with Gasteiger partial charge in [-0.2, -0.15) is 0 Å². The van der Waals surface area contributed by atoms with Gasteiger partial charge >= 0.3 is 0 Å². The van der Waals surface area contributed by atoms with Crippen molar-refractivity contribution in [1.82, 2.24) is 0 Å². The van der Waals surface area contributed by atoms with E-state index >= 15 is 0 Å². The van der Waals surface area contributed by atoms with E-state index in [-0.39, 0.29) is 15.8 Å². The van der Waals surface area contributed by atoms with Crippen LogP contribution in [-0.4, -0.2) is 20.6 Å². The molecular weight excluding hydrogens is 530 g/mol. The van der Waals surface area contributed by atoms with E-state index in [9.17, 15) is 0 Å². The molecule has 0 amide bonds. The van der Waals surface area contributed by atoms with Gasteiger partial charge in [-0.25, -0.2) is 0 Å². The molecule has 4 aliphatic carbocycles. The average molecular weight is 591 g/mol. The summed E-state index contributed by atoms with van der Waals surface area (Å²) in [5, 5.41) is 1.71. The van der Waals surface area contributed by atoms with Crippen LogP contribution in [0.2, 0.25) is 0 Å². The molecule has 2 aromatic carbocycles. The van der Waals surface area contributed by atoms with Crippen LogP contribution in [-0.2, 0) is 18.7 Å². The Balaban J connectivity index is 1.52. The molecular formula is C39H60P2. The van der Waals surface area contributed by atoms with E-state index in [1.807, 2.05) is 0 Å². The number of hydrogen-bond donors (Lipinski definition) is 0. The minimum atomic E-state index is -0.188. The van der Waals surface area contributed by atoms with Crippen molar-refractivity contribution < 1.29 is 0 Å². The average Bonchev–Trinajstić information content (AvgIpc) is 2.83. The Morgan fingerprint density at radius 3 is 1.71 bits per heavy atom. The number of rotatable bonds is 8. The third kappa shape index (κ3) is 7.17. The van der Waals surface area contributed by atoms with Gasteiger partial charge in [-0.1, -0.05) is 134 Å². The highest BCUT2D eigenvalue weighted by atomic mass is 31.1. The van der Waals surface area contributed by atoms with E-state index < -0.39 is 0 Å². The molecule has 2 heteroatoms. The summed E-state index contributed by atoms with van der Waals surface area (Å²) in [7, 11) is -0.295.